The summed E-state index contributed by atoms with van der Waals surface area (Å²) in [5.74, 6) is 0.531. The van der Waals surface area contributed by atoms with Crippen molar-refractivity contribution in [1.82, 2.24) is 9.61 Å². The third-order valence-corrected chi connectivity index (χ3v) is 3.89. The first-order chi connectivity index (χ1) is 10.1. The molecule has 0 bridgehead atoms. The Bertz CT molecular complexity index is 728. The molecule has 0 amide bonds. The Labute approximate surface area is 124 Å². The zero-order chi connectivity index (χ0) is 14.8. The Kier molecular flexibility index (Phi) is 3.76. The van der Waals surface area contributed by atoms with Gasteiger partial charge < -0.3 is 5.11 Å². The van der Waals surface area contributed by atoms with Crippen molar-refractivity contribution in [2.75, 3.05) is 0 Å². The van der Waals surface area contributed by atoms with Crippen molar-refractivity contribution < 1.29 is 5.11 Å². The molecule has 0 saturated heterocycles. The van der Waals surface area contributed by atoms with Gasteiger partial charge in [-0.1, -0.05) is 44.2 Å². The molecule has 0 saturated carbocycles. The molecule has 0 radical (unpaired) electrons. The highest BCUT2D eigenvalue weighted by Crippen LogP contribution is 2.23. The molecule has 1 N–H and O–H groups in total. The van der Waals surface area contributed by atoms with Gasteiger partial charge in [0.25, 0.3) is 0 Å². The second-order valence-corrected chi connectivity index (χ2v) is 5.75. The third-order valence-electron chi connectivity index (χ3n) is 3.89. The fourth-order valence-corrected chi connectivity index (χ4v) is 2.58. The Morgan fingerprint density at radius 3 is 2.57 bits per heavy atom. The minimum absolute atomic E-state index is 0.531. The summed E-state index contributed by atoms with van der Waals surface area (Å²) in [6, 6.07) is 14.4. The standard InChI is InChI=1S/C18H20N2O/c1-13(2)15-8-6-14(7-9-15)11-18(21)16-12-19-20-10-4-3-5-17(16)20/h3-10,12-13,18,21H,11H2,1-2H3. The van der Waals surface area contributed by atoms with E-state index < -0.39 is 6.10 Å². The number of nitrogens with zero attached hydrogens (tertiary/aromatic N) is 2. The number of aromatic nitrogens is 2. The molecule has 2 heterocycles. The lowest BCUT2D eigenvalue weighted by Gasteiger charge is -2.11. The number of fused-ring (bicyclic) bond motifs is 1. The highest BCUT2D eigenvalue weighted by atomic mass is 16.3. The van der Waals surface area contributed by atoms with Gasteiger partial charge in [0.15, 0.2) is 0 Å². The van der Waals surface area contributed by atoms with Gasteiger partial charge in [-0.15, -0.1) is 0 Å². The lowest BCUT2D eigenvalue weighted by Crippen LogP contribution is -2.02. The van der Waals surface area contributed by atoms with E-state index in [1.165, 1.54) is 5.56 Å². The lowest BCUT2D eigenvalue weighted by molar-refractivity contribution is 0.180. The summed E-state index contributed by atoms with van der Waals surface area (Å²) in [6.07, 6.45) is 3.72. The third kappa shape index (κ3) is 2.83. The van der Waals surface area contributed by atoms with Gasteiger partial charge in [0.05, 0.1) is 17.8 Å². The van der Waals surface area contributed by atoms with E-state index in [1.54, 1.807) is 10.7 Å². The molecule has 0 spiro atoms. The van der Waals surface area contributed by atoms with E-state index in [2.05, 4.69) is 43.2 Å². The molecule has 0 aliphatic carbocycles. The van der Waals surface area contributed by atoms with Crippen LogP contribution in [0.2, 0.25) is 0 Å². The van der Waals surface area contributed by atoms with Gasteiger partial charge in [-0.25, -0.2) is 4.52 Å². The second kappa shape index (κ2) is 5.70. The van der Waals surface area contributed by atoms with Crippen molar-refractivity contribution in [3.63, 3.8) is 0 Å². The molecular weight excluding hydrogens is 260 g/mol. The topological polar surface area (TPSA) is 37.5 Å². The molecule has 0 aliphatic heterocycles. The predicted octanol–water partition coefficient (Wildman–Crippen LogP) is 3.73. The van der Waals surface area contributed by atoms with E-state index in [-0.39, 0.29) is 0 Å². The molecule has 3 heteroatoms. The van der Waals surface area contributed by atoms with E-state index in [9.17, 15) is 5.11 Å². The molecule has 3 rings (SSSR count). The number of pyridine rings is 1. The van der Waals surface area contributed by atoms with E-state index >= 15 is 0 Å². The van der Waals surface area contributed by atoms with Crippen LogP contribution < -0.4 is 0 Å². The van der Waals surface area contributed by atoms with Gasteiger partial charge >= 0.3 is 0 Å². The van der Waals surface area contributed by atoms with Crippen LogP contribution in [0.4, 0.5) is 0 Å². The number of aliphatic hydroxyl groups excluding tert-OH is 1. The van der Waals surface area contributed by atoms with Crippen LogP contribution in [0.1, 0.15) is 42.6 Å². The first-order valence-corrected chi connectivity index (χ1v) is 7.34. The average molecular weight is 280 g/mol. The minimum atomic E-state index is -0.533. The molecule has 2 aromatic heterocycles. The van der Waals surface area contributed by atoms with Crippen molar-refractivity contribution >= 4 is 5.52 Å². The van der Waals surface area contributed by atoms with Crippen molar-refractivity contribution in [1.29, 1.82) is 0 Å². The van der Waals surface area contributed by atoms with Crippen LogP contribution in [0.5, 0.6) is 0 Å². The second-order valence-electron chi connectivity index (χ2n) is 5.75. The fraction of sp³-hybridized carbons (Fsp3) is 0.278. The molecular formula is C18H20N2O. The largest absolute Gasteiger partial charge is 0.388 e. The summed E-state index contributed by atoms with van der Waals surface area (Å²) < 4.78 is 1.79. The molecule has 0 aliphatic rings. The van der Waals surface area contributed by atoms with Crippen molar-refractivity contribution in [3.8, 4) is 0 Å². The van der Waals surface area contributed by atoms with Crippen LogP contribution in [-0.4, -0.2) is 14.7 Å². The zero-order valence-electron chi connectivity index (χ0n) is 12.4. The van der Waals surface area contributed by atoms with Gasteiger partial charge in [-0.2, -0.15) is 5.10 Å². The van der Waals surface area contributed by atoms with Gasteiger partial charge in [0.1, 0.15) is 0 Å². The molecule has 108 valence electrons. The predicted molar refractivity (Wildman–Crippen MR) is 84.4 cm³/mol. The summed E-state index contributed by atoms with van der Waals surface area (Å²) in [7, 11) is 0. The van der Waals surface area contributed by atoms with Crippen LogP contribution >= 0.6 is 0 Å². The summed E-state index contributed by atoms with van der Waals surface area (Å²) in [5.41, 5.74) is 4.30. The fourth-order valence-electron chi connectivity index (χ4n) is 2.58. The normalized spacial score (nSPS) is 13.0. The molecule has 0 fully saturated rings. The van der Waals surface area contributed by atoms with Crippen LogP contribution in [0, 0.1) is 0 Å². The van der Waals surface area contributed by atoms with E-state index in [0.717, 1.165) is 16.6 Å². The molecule has 1 atom stereocenters. The monoisotopic (exact) mass is 280 g/mol. The van der Waals surface area contributed by atoms with Crippen LogP contribution in [0.25, 0.3) is 5.52 Å². The minimum Gasteiger partial charge on any atom is -0.388 e. The van der Waals surface area contributed by atoms with E-state index in [1.807, 2.05) is 24.4 Å². The van der Waals surface area contributed by atoms with E-state index in [0.29, 0.717) is 12.3 Å². The maximum absolute atomic E-state index is 10.5. The first-order valence-electron chi connectivity index (χ1n) is 7.34. The molecule has 3 nitrogen and oxygen atoms in total. The smallest absolute Gasteiger partial charge is 0.0867 e. The Morgan fingerprint density at radius 1 is 1.10 bits per heavy atom. The highest BCUT2D eigenvalue weighted by Gasteiger charge is 2.14. The number of benzene rings is 1. The molecule has 21 heavy (non-hydrogen) atoms. The Morgan fingerprint density at radius 2 is 1.86 bits per heavy atom. The SMILES string of the molecule is CC(C)c1ccc(CC(O)c2cnn3ccccc23)cc1. The van der Waals surface area contributed by atoms with Gasteiger partial charge in [0.2, 0.25) is 0 Å². The Balaban J connectivity index is 1.81. The average Bonchev–Trinajstić information content (AvgIpc) is 2.92. The number of rotatable bonds is 4. The summed E-state index contributed by atoms with van der Waals surface area (Å²) in [6.45, 7) is 4.37. The molecule has 3 aromatic rings. The maximum atomic E-state index is 10.5. The first kappa shape index (κ1) is 13.8. The summed E-state index contributed by atoms with van der Waals surface area (Å²) >= 11 is 0. The van der Waals surface area contributed by atoms with E-state index in [4.69, 9.17) is 0 Å². The summed E-state index contributed by atoms with van der Waals surface area (Å²) in [5, 5.41) is 14.8. The molecule has 1 aromatic carbocycles. The quantitative estimate of drug-likeness (QED) is 0.790. The van der Waals surface area contributed by atoms with Crippen LogP contribution in [0.3, 0.4) is 0 Å². The highest BCUT2D eigenvalue weighted by molar-refractivity contribution is 5.54. The van der Waals surface area contributed by atoms with Crippen molar-refractivity contribution in [2.24, 2.45) is 0 Å². The van der Waals surface area contributed by atoms with Crippen molar-refractivity contribution in [2.45, 2.75) is 32.3 Å². The molecule has 1 unspecified atom stereocenters. The van der Waals surface area contributed by atoms with Crippen molar-refractivity contribution in [3.05, 3.63) is 71.5 Å². The number of hydrogen-bond donors (Lipinski definition) is 1. The van der Waals surface area contributed by atoms with Crippen LogP contribution in [-0.2, 0) is 6.42 Å². The van der Waals surface area contributed by atoms with Gasteiger partial charge in [-0.05, 0) is 29.2 Å². The number of aliphatic hydroxyl groups is 1. The summed E-state index contributed by atoms with van der Waals surface area (Å²) in [4.78, 5) is 0. The number of hydrogen-bond acceptors (Lipinski definition) is 2. The lowest BCUT2D eigenvalue weighted by atomic mass is 9.98. The Hall–Kier alpha value is -2.13. The zero-order valence-corrected chi connectivity index (χ0v) is 12.4. The van der Waals surface area contributed by atoms with Gasteiger partial charge in [0, 0.05) is 18.2 Å². The van der Waals surface area contributed by atoms with Crippen LogP contribution in [0.15, 0.2) is 54.9 Å². The van der Waals surface area contributed by atoms with Gasteiger partial charge in [-0.3, -0.25) is 0 Å². The maximum Gasteiger partial charge on any atom is 0.0867 e.